The monoisotopic (exact) mass is 274 g/mol. The predicted octanol–water partition coefficient (Wildman–Crippen LogP) is 4.30. The van der Waals surface area contributed by atoms with Crippen LogP contribution in [0.3, 0.4) is 0 Å². The first-order valence-electron chi connectivity index (χ1n) is 5.59. The van der Waals surface area contributed by atoms with Gasteiger partial charge in [-0.2, -0.15) is 0 Å². The molecule has 0 saturated carbocycles. The lowest BCUT2D eigenvalue weighted by Crippen LogP contribution is -2.37. The number of carbonyl (C=O) groups excluding carboxylic acids is 1. The van der Waals surface area contributed by atoms with Crippen molar-refractivity contribution in [1.29, 1.82) is 0 Å². The fourth-order valence-corrected chi connectivity index (χ4v) is 1.77. The van der Waals surface area contributed by atoms with Crippen LogP contribution in [0.1, 0.15) is 26.7 Å². The molecule has 0 bridgehead atoms. The summed E-state index contributed by atoms with van der Waals surface area (Å²) in [6, 6.07) is 4.86. The van der Waals surface area contributed by atoms with Gasteiger partial charge in [0.15, 0.2) is 0 Å². The highest BCUT2D eigenvalue weighted by Gasteiger charge is 2.10. The van der Waals surface area contributed by atoms with Gasteiger partial charge in [0.1, 0.15) is 0 Å². The molecular formula is C12H16Cl2N2O. The highest BCUT2D eigenvalue weighted by molar-refractivity contribution is 6.35. The topological polar surface area (TPSA) is 41.1 Å². The van der Waals surface area contributed by atoms with Crippen molar-refractivity contribution in [2.45, 2.75) is 32.7 Å². The number of rotatable bonds is 4. The molecule has 0 aromatic heterocycles. The van der Waals surface area contributed by atoms with Crippen LogP contribution in [0.25, 0.3) is 0 Å². The summed E-state index contributed by atoms with van der Waals surface area (Å²) in [5.41, 5.74) is 0.516. The summed E-state index contributed by atoms with van der Waals surface area (Å²) in [6.07, 6.45) is 1.79. The predicted molar refractivity (Wildman–Crippen MR) is 73.0 cm³/mol. The maximum atomic E-state index is 11.7. The molecule has 0 aliphatic heterocycles. The quantitative estimate of drug-likeness (QED) is 0.844. The second-order valence-corrected chi connectivity index (χ2v) is 4.58. The van der Waals surface area contributed by atoms with Crippen LogP contribution >= 0.6 is 23.2 Å². The SMILES string of the molecule is CCC(CC)NC(=O)Nc1cc(Cl)ccc1Cl. The largest absolute Gasteiger partial charge is 0.335 e. The standard InChI is InChI=1S/C12H16Cl2N2O/c1-3-9(4-2)15-12(17)16-11-7-8(13)5-6-10(11)14/h5-7,9H,3-4H2,1-2H3,(H2,15,16,17). The average molecular weight is 275 g/mol. The summed E-state index contributed by atoms with van der Waals surface area (Å²) in [5, 5.41) is 6.54. The van der Waals surface area contributed by atoms with Gasteiger partial charge in [0.25, 0.3) is 0 Å². The molecule has 3 nitrogen and oxygen atoms in total. The molecule has 0 aliphatic carbocycles. The van der Waals surface area contributed by atoms with E-state index in [0.29, 0.717) is 15.7 Å². The Morgan fingerprint density at radius 1 is 1.29 bits per heavy atom. The number of urea groups is 1. The fourth-order valence-electron chi connectivity index (χ4n) is 1.43. The zero-order chi connectivity index (χ0) is 12.8. The molecule has 2 amide bonds. The van der Waals surface area contributed by atoms with Gasteiger partial charge in [-0.1, -0.05) is 37.0 Å². The van der Waals surface area contributed by atoms with Crippen LogP contribution in [-0.4, -0.2) is 12.1 Å². The Labute approximate surface area is 111 Å². The van der Waals surface area contributed by atoms with Crippen LogP contribution in [0.5, 0.6) is 0 Å². The number of hydrogen-bond acceptors (Lipinski definition) is 1. The lowest BCUT2D eigenvalue weighted by atomic mass is 10.2. The first-order valence-corrected chi connectivity index (χ1v) is 6.35. The van der Waals surface area contributed by atoms with E-state index in [1.807, 2.05) is 13.8 Å². The Morgan fingerprint density at radius 2 is 1.94 bits per heavy atom. The number of hydrogen-bond donors (Lipinski definition) is 2. The van der Waals surface area contributed by atoms with Crippen molar-refractivity contribution in [3.8, 4) is 0 Å². The van der Waals surface area contributed by atoms with Crippen molar-refractivity contribution in [2.75, 3.05) is 5.32 Å². The van der Waals surface area contributed by atoms with Gasteiger partial charge in [-0.3, -0.25) is 0 Å². The molecule has 94 valence electrons. The van der Waals surface area contributed by atoms with Gasteiger partial charge < -0.3 is 10.6 Å². The summed E-state index contributed by atoms with van der Waals surface area (Å²) in [6.45, 7) is 4.06. The second-order valence-electron chi connectivity index (χ2n) is 3.74. The lowest BCUT2D eigenvalue weighted by molar-refractivity contribution is 0.247. The molecule has 2 N–H and O–H groups in total. The third-order valence-corrected chi connectivity index (χ3v) is 3.06. The van der Waals surface area contributed by atoms with Gasteiger partial charge in [0, 0.05) is 11.1 Å². The van der Waals surface area contributed by atoms with Crippen molar-refractivity contribution in [1.82, 2.24) is 5.32 Å². The van der Waals surface area contributed by atoms with E-state index >= 15 is 0 Å². The minimum Gasteiger partial charge on any atom is -0.335 e. The minimum absolute atomic E-state index is 0.174. The average Bonchev–Trinajstić information content (AvgIpc) is 2.31. The van der Waals surface area contributed by atoms with Gasteiger partial charge in [-0.15, -0.1) is 0 Å². The maximum Gasteiger partial charge on any atom is 0.319 e. The van der Waals surface area contributed by atoms with Crippen LogP contribution in [0, 0.1) is 0 Å². The number of benzene rings is 1. The summed E-state index contributed by atoms with van der Waals surface area (Å²) in [5.74, 6) is 0. The van der Waals surface area contributed by atoms with E-state index in [4.69, 9.17) is 23.2 Å². The second kappa shape index (κ2) is 6.72. The van der Waals surface area contributed by atoms with Gasteiger partial charge in [-0.25, -0.2) is 4.79 Å². The Bertz CT molecular complexity index is 392. The van der Waals surface area contributed by atoms with Crippen molar-refractivity contribution < 1.29 is 4.79 Å². The molecule has 5 heteroatoms. The van der Waals surface area contributed by atoms with E-state index in [-0.39, 0.29) is 12.1 Å². The van der Waals surface area contributed by atoms with E-state index in [9.17, 15) is 4.79 Å². The molecule has 17 heavy (non-hydrogen) atoms. The molecular weight excluding hydrogens is 259 g/mol. The van der Waals surface area contributed by atoms with E-state index in [2.05, 4.69) is 10.6 Å². The van der Waals surface area contributed by atoms with Crippen LogP contribution in [-0.2, 0) is 0 Å². The minimum atomic E-state index is -0.261. The highest BCUT2D eigenvalue weighted by Crippen LogP contribution is 2.25. The third kappa shape index (κ3) is 4.44. The maximum absolute atomic E-state index is 11.7. The van der Waals surface area contributed by atoms with Crippen LogP contribution in [0.15, 0.2) is 18.2 Å². The fraction of sp³-hybridized carbons (Fsp3) is 0.417. The highest BCUT2D eigenvalue weighted by atomic mass is 35.5. The van der Waals surface area contributed by atoms with E-state index in [0.717, 1.165) is 12.8 Å². The van der Waals surface area contributed by atoms with Gasteiger partial charge in [-0.05, 0) is 31.0 Å². The summed E-state index contributed by atoms with van der Waals surface area (Å²) >= 11 is 11.8. The van der Waals surface area contributed by atoms with Gasteiger partial charge >= 0.3 is 6.03 Å². The number of halogens is 2. The van der Waals surface area contributed by atoms with Crippen molar-refractivity contribution >= 4 is 34.9 Å². The Hall–Kier alpha value is -0.930. The molecule has 0 fully saturated rings. The van der Waals surface area contributed by atoms with E-state index in [1.165, 1.54) is 0 Å². The number of amides is 2. The molecule has 0 unspecified atom stereocenters. The summed E-state index contributed by atoms with van der Waals surface area (Å²) in [7, 11) is 0. The summed E-state index contributed by atoms with van der Waals surface area (Å²) < 4.78 is 0. The molecule has 1 aromatic rings. The molecule has 1 aromatic carbocycles. The Morgan fingerprint density at radius 3 is 2.53 bits per heavy atom. The summed E-state index contributed by atoms with van der Waals surface area (Å²) in [4.78, 5) is 11.7. The van der Waals surface area contributed by atoms with Gasteiger partial charge in [0.2, 0.25) is 0 Å². The lowest BCUT2D eigenvalue weighted by Gasteiger charge is -2.15. The molecule has 1 rings (SSSR count). The van der Waals surface area contributed by atoms with Crippen LogP contribution < -0.4 is 10.6 Å². The third-order valence-electron chi connectivity index (χ3n) is 2.50. The van der Waals surface area contributed by atoms with Crippen molar-refractivity contribution in [3.05, 3.63) is 28.2 Å². The van der Waals surface area contributed by atoms with E-state index in [1.54, 1.807) is 18.2 Å². The first-order chi connectivity index (χ1) is 8.06. The molecule has 0 aliphatic rings. The van der Waals surface area contributed by atoms with E-state index < -0.39 is 0 Å². The number of anilines is 1. The van der Waals surface area contributed by atoms with Gasteiger partial charge in [0.05, 0.1) is 10.7 Å². The molecule has 0 radical (unpaired) electrons. The van der Waals surface area contributed by atoms with Crippen LogP contribution in [0.4, 0.5) is 10.5 Å². The zero-order valence-corrected chi connectivity index (χ0v) is 11.4. The Balaban J connectivity index is 2.64. The molecule has 0 saturated heterocycles. The number of carbonyl (C=O) groups is 1. The van der Waals surface area contributed by atoms with Crippen LogP contribution in [0.2, 0.25) is 10.0 Å². The molecule has 0 spiro atoms. The van der Waals surface area contributed by atoms with Crippen molar-refractivity contribution in [3.63, 3.8) is 0 Å². The normalized spacial score (nSPS) is 10.4. The molecule has 0 atom stereocenters. The Kier molecular flexibility index (Phi) is 5.59. The molecule has 0 heterocycles. The van der Waals surface area contributed by atoms with Crippen molar-refractivity contribution in [2.24, 2.45) is 0 Å². The zero-order valence-electron chi connectivity index (χ0n) is 9.89. The first kappa shape index (κ1) is 14.1. The number of nitrogens with one attached hydrogen (secondary N) is 2. The smallest absolute Gasteiger partial charge is 0.319 e.